The number of likely N-dealkylation sites (N-methyl/N-ethyl adjacent to an activating group) is 1. The zero-order valence-corrected chi connectivity index (χ0v) is 11.5. The van der Waals surface area contributed by atoms with Gasteiger partial charge in [-0.3, -0.25) is 4.40 Å². The van der Waals surface area contributed by atoms with E-state index in [0.29, 0.717) is 6.04 Å². The van der Waals surface area contributed by atoms with Crippen molar-refractivity contribution in [1.29, 1.82) is 0 Å². The van der Waals surface area contributed by atoms with Gasteiger partial charge in [0.25, 0.3) is 0 Å². The van der Waals surface area contributed by atoms with Gasteiger partial charge in [-0.15, -0.1) is 10.2 Å². The second-order valence-corrected chi connectivity index (χ2v) is 5.04. The fourth-order valence-electron chi connectivity index (χ4n) is 2.93. The summed E-state index contributed by atoms with van der Waals surface area (Å²) in [6.45, 7) is 4.55. The highest BCUT2D eigenvalue weighted by molar-refractivity contribution is 5.41. The van der Waals surface area contributed by atoms with Gasteiger partial charge in [-0.1, -0.05) is 6.92 Å². The van der Waals surface area contributed by atoms with Crippen LogP contribution in [-0.2, 0) is 6.42 Å². The molecule has 0 spiro atoms. The summed E-state index contributed by atoms with van der Waals surface area (Å²) in [5.41, 5.74) is 0.886. The molecule has 1 aliphatic heterocycles. The van der Waals surface area contributed by atoms with E-state index < -0.39 is 0 Å². The van der Waals surface area contributed by atoms with Crippen molar-refractivity contribution in [3.05, 3.63) is 24.2 Å². The van der Waals surface area contributed by atoms with Crippen molar-refractivity contribution in [1.82, 2.24) is 19.5 Å². The Kier molecular flexibility index (Phi) is 3.38. The second kappa shape index (κ2) is 5.17. The Morgan fingerprint density at radius 1 is 1.37 bits per heavy atom. The van der Waals surface area contributed by atoms with E-state index in [1.54, 1.807) is 7.11 Å². The molecule has 1 saturated heterocycles. The van der Waals surface area contributed by atoms with Crippen LogP contribution in [-0.4, -0.2) is 45.7 Å². The minimum atomic E-state index is 0.601. The summed E-state index contributed by atoms with van der Waals surface area (Å²) in [5, 5.41) is 8.56. The van der Waals surface area contributed by atoms with Crippen LogP contribution in [0, 0.1) is 0 Å². The van der Waals surface area contributed by atoms with Gasteiger partial charge < -0.3 is 9.64 Å². The molecule has 1 unspecified atom stereocenters. The summed E-state index contributed by atoms with van der Waals surface area (Å²) in [6.07, 6.45) is 5.48. The highest BCUT2D eigenvalue weighted by Gasteiger charge is 2.24. The minimum Gasteiger partial charge on any atom is -0.495 e. The average molecular weight is 260 g/mol. The van der Waals surface area contributed by atoms with E-state index in [1.807, 2.05) is 22.7 Å². The van der Waals surface area contributed by atoms with Crippen LogP contribution in [0.5, 0.6) is 5.75 Å². The summed E-state index contributed by atoms with van der Waals surface area (Å²) in [6, 6.07) is 4.46. The monoisotopic (exact) mass is 260 g/mol. The summed E-state index contributed by atoms with van der Waals surface area (Å²) in [5.74, 6) is 1.87. The number of ether oxygens (including phenoxy) is 1. The van der Waals surface area contributed by atoms with Gasteiger partial charge in [-0.2, -0.15) is 0 Å². The molecular weight excluding hydrogens is 240 g/mol. The lowest BCUT2D eigenvalue weighted by molar-refractivity contribution is 0.263. The van der Waals surface area contributed by atoms with Crippen LogP contribution in [0.3, 0.4) is 0 Å². The highest BCUT2D eigenvalue weighted by Crippen LogP contribution is 2.21. The van der Waals surface area contributed by atoms with E-state index in [0.717, 1.165) is 30.2 Å². The topological polar surface area (TPSA) is 42.7 Å². The molecule has 5 nitrogen and oxygen atoms in total. The van der Waals surface area contributed by atoms with Crippen molar-refractivity contribution in [3.63, 3.8) is 0 Å². The molecule has 3 rings (SSSR count). The van der Waals surface area contributed by atoms with Gasteiger partial charge in [0.15, 0.2) is 5.65 Å². The minimum absolute atomic E-state index is 0.601. The Morgan fingerprint density at radius 2 is 2.26 bits per heavy atom. The Hall–Kier alpha value is -1.62. The van der Waals surface area contributed by atoms with Crippen LogP contribution in [0.1, 0.15) is 25.6 Å². The van der Waals surface area contributed by atoms with E-state index in [9.17, 15) is 0 Å². The molecular formula is C14H20N4O. The Morgan fingerprint density at radius 3 is 3.05 bits per heavy atom. The molecule has 2 aromatic heterocycles. The van der Waals surface area contributed by atoms with Gasteiger partial charge in [-0.05, 0) is 38.1 Å². The normalized spacial score (nSPS) is 20.2. The van der Waals surface area contributed by atoms with Crippen LogP contribution < -0.4 is 4.74 Å². The van der Waals surface area contributed by atoms with E-state index in [-0.39, 0.29) is 0 Å². The number of rotatable bonds is 4. The molecule has 3 heterocycles. The fourth-order valence-corrected chi connectivity index (χ4v) is 2.93. The van der Waals surface area contributed by atoms with Gasteiger partial charge in [-0.25, -0.2) is 0 Å². The van der Waals surface area contributed by atoms with Crippen molar-refractivity contribution in [2.24, 2.45) is 0 Å². The molecule has 2 aromatic rings. The zero-order valence-electron chi connectivity index (χ0n) is 11.5. The predicted molar refractivity (Wildman–Crippen MR) is 73.5 cm³/mol. The van der Waals surface area contributed by atoms with Crippen molar-refractivity contribution in [3.8, 4) is 5.75 Å². The van der Waals surface area contributed by atoms with E-state index in [2.05, 4.69) is 22.0 Å². The first-order valence-corrected chi connectivity index (χ1v) is 6.93. The third kappa shape index (κ3) is 2.30. The Bertz CT molecular complexity index is 566. The third-order valence-electron chi connectivity index (χ3n) is 4.00. The number of nitrogens with zero attached hydrogens (tertiary/aromatic N) is 4. The molecule has 0 radical (unpaired) electrons. The maximum Gasteiger partial charge on any atom is 0.161 e. The molecule has 1 atom stereocenters. The first kappa shape index (κ1) is 12.4. The average Bonchev–Trinajstić information content (AvgIpc) is 3.06. The molecule has 0 bridgehead atoms. The molecule has 5 heteroatoms. The van der Waals surface area contributed by atoms with Crippen molar-refractivity contribution in [2.75, 3.05) is 20.2 Å². The number of aromatic nitrogens is 3. The first-order chi connectivity index (χ1) is 9.31. The zero-order chi connectivity index (χ0) is 13.2. The molecule has 0 aliphatic carbocycles. The van der Waals surface area contributed by atoms with E-state index >= 15 is 0 Å². The van der Waals surface area contributed by atoms with Gasteiger partial charge in [0.05, 0.1) is 13.3 Å². The molecule has 0 N–H and O–H groups in total. The number of hydrogen-bond acceptors (Lipinski definition) is 4. The first-order valence-electron chi connectivity index (χ1n) is 6.93. The van der Waals surface area contributed by atoms with Crippen LogP contribution in [0.15, 0.2) is 18.3 Å². The molecule has 102 valence electrons. The van der Waals surface area contributed by atoms with Crippen LogP contribution in [0.25, 0.3) is 5.65 Å². The van der Waals surface area contributed by atoms with Gasteiger partial charge in [0.1, 0.15) is 11.6 Å². The van der Waals surface area contributed by atoms with Gasteiger partial charge in [0, 0.05) is 12.5 Å². The summed E-state index contributed by atoms with van der Waals surface area (Å²) >= 11 is 0. The standard InChI is InChI=1S/C14H20N4O/c1-3-17-8-4-5-11(17)9-14-16-15-13-7-6-12(19-2)10-18(13)14/h6-7,10-11H,3-5,8-9H2,1-2H3. The van der Waals surface area contributed by atoms with Crippen LogP contribution in [0.2, 0.25) is 0 Å². The lowest BCUT2D eigenvalue weighted by Gasteiger charge is -2.21. The predicted octanol–water partition coefficient (Wildman–Crippen LogP) is 1.76. The number of likely N-dealkylation sites (tertiary alicyclic amines) is 1. The molecule has 1 aliphatic rings. The van der Waals surface area contributed by atoms with Crippen LogP contribution in [0.4, 0.5) is 0 Å². The Balaban J connectivity index is 1.88. The lowest BCUT2D eigenvalue weighted by Crippen LogP contribution is -2.31. The lowest BCUT2D eigenvalue weighted by atomic mass is 10.1. The quantitative estimate of drug-likeness (QED) is 0.840. The molecule has 0 amide bonds. The molecule has 1 fully saturated rings. The number of hydrogen-bond donors (Lipinski definition) is 0. The second-order valence-electron chi connectivity index (χ2n) is 5.04. The third-order valence-corrected chi connectivity index (χ3v) is 4.00. The largest absolute Gasteiger partial charge is 0.495 e. The SMILES string of the molecule is CCN1CCCC1Cc1nnc2ccc(OC)cn12. The highest BCUT2D eigenvalue weighted by atomic mass is 16.5. The van der Waals surface area contributed by atoms with Gasteiger partial charge >= 0.3 is 0 Å². The fraction of sp³-hybridized carbons (Fsp3) is 0.571. The number of fused-ring (bicyclic) bond motifs is 1. The van der Waals surface area contributed by atoms with E-state index in [1.165, 1.54) is 19.4 Å². The smallest absolute Gasteiger partial charge is 0.161 e. The number of pyridine rings is 1. The summed E-state index contributed by atoms with van der Waals surface area (Å²) in [4.78, 5) is 2.53. The van der Waals surface area contributed by atoms with Crippen LogP contribution >= 0.6 is 0 Å². The van der Waals surface area contributed by atoms with Crippen molar-refractivity contribution in [2.45, 2.75) is 32.2 Å². The summed E-state index contributed by atoms with van der Waals surface area (Å²) < 4.78 is 7.32. The van der Waals surface area contributed by atoms with Crippen molar-refractivity contribution < 1.29 is 4.74 Å². The number of methoxy groups -OCH3 is 1. The molecule has 0 saturated carbocycles. The maximum absolute atomic E-state index is 5.27. The summed E-state index contributed by atoms with van der Waals surface area (Å²) in [7, 11) is 1.68. The Labute approximate surface area is 113 Å². The molecule has 19 heavy (non-hydrogen) atoms. The molecule has 0 aromatic carbocycles. The van der Waals surface area contributed by atoms with E-state index in [4.69, 9.17) is 4.74 Å². The van der Waals surface area contributed by atoms with Crippen molar-refractivity contribution >= 4 is 5.65 Å². The maximum atomic E-state index is 5.27. The van der Waals surface area contributed by atoms with Gasteiger partial charge in [0.2, 0.25) is 0 Å².